The number of benzene rings is 1. The molecule has 4 bridgehead atoms. The van der Waals surface area contributed by atoms with Crippen molar-refractivity contribution in [1.29, 1.82) is 0 Å². The van der Waals surface area contributed by atoms with Crippen LogP contribution in [-0.4, -0.2) is 41.9 Å². The maximum Gasteiger partial charge on any atom is 0.152 e. The van der Waals surface area contributed by atoms with E-state index in [2.05, 4.69) is 41.1 Å². The molecule has 0 radical (unpaired) electrons. The van der Waals surface area contributed by atoms with E-state index in [0.29, 0.717) is 6.04 Å². The van der Waals surface area contributed by atoms with E-state index in [1.165, 1.54) is 76.3 Å². The zero-order valence-corrected chi connectivity index (χ0v) is 19.5. The highest BCUT2D eigenvalue weighted by atomic mass is 16.1. The van der Waals surface area contributed by atoms with Gasteiger partial charge in [-0.3, -0.25) is 9.69 Å². The summed E-state index contributed by atoms with van der Waals surface area (Å²) in [4.78, 5) is 17.1. The van der Waals surface area contributed by atoms with Crippen molar-refractivity contribution in [2.45, 2.75) is 102 Å². The second-order valence-corrected chi connectivity index (χ2v) is 10.9. The topological polar surface area (TPSA) is 23.6 Å². The number of nitrogens with zero attached hydrogens (tertiary/aromatic N) is 2. The molecule has 31 heavy (non-hydrogen) atoms. The third-order valence-corrected chi connectivity index (χ3v) is 8.89. The van der Waals surface area contributed by atoms with Crippen LogP contribution < -0.4 is 4.90 Å². The van der Waals surface area contributed by atoms with Crippen LogP contribution >= 0.6 is 0 Å². The lowest BCUT2D eigenvalue weighted by atomic mass is 9.68. The van der Waals surface area contributed by atoms with Crippen molar-refractivity contribution in [3.8, 4) is 0 Å². The summed E-state index contributed by atoms with van der Waals surface area (Å²) in [5.41, 5.74) is 2.43. The highest BCUT2D eigenvalue weighted by Gasteiger charge is 2.45. The van der Waals surface area contributed by atoms with Crippen LogP contribution in [0.4, 0.5) is 5.69 Å². The van der Waals surface area contributed by atoms with E-state index in [1.54, 1.807) is 13.0 Å². The molecule has 2 saturated heterocycles. The standard InChI is InChI=1S/C28H40N2O/c1-20(31)13-14-23-9-3-4-12-28(23)29(2)26-18-24-10-6-11-25(19-26)30(24)27-16-21-7-5-8-22(15-21)17-27/h3-4,9,12-14,21-22,24-27H,5-8,10-11,15-19H2,1-2H3/b14-13+/t21-,22+,24-,25+,26+,27+. The number of para-hydroxylation sites is 1. The van der Waals surface area contributed by atoms with Gasteiger partial charge in [-0.1, -0.05) is 43.9 Å². The molecule has 3 nitrogen and oxygen atoms in total. The van der Waals surface area contributed by atoms with Crippen molar-refractivity contribution in [3.05, 3.63) is 35.9 Å². The summed E-state index contributed by atoms with van der Waals surface area (Å²) >= 11 is 0. The van der Waals surface area contributed by atoms with Gasteiger partial charge in [0.15, 0.2) is 5.78 Å². The number of piperidine rings is 2. The van der Waals surface area contributed by atoms with Gasteiger partial charge < -0.3 is 4.90 Å². The quantitative estimate of drug-likeness (QED) is 0.539. The third-order valence-electron chi connectivity index (χ3n) is 8.89. The van der Waals surface area contributed by atoms with E-state index in [1.807, 2.05) is 6.08 Å². The Morgan fingerprint density at radius 2 is 1.55 bits per heavy atom. The number of ketones is 1. The SMILES string of the molecule is CC(=O)/C=C/c1ccccc1N(C)[C@H]1C[C@H]2CCC[C@@H](C1)N2[C@H]1C[C@@H]2CCC[C@@H](C2)C1. The van der Waals surface area contributed by atoms with Gasteiger partial charge in [-0.05, 0) is 87.5 Å². The average Bonchev–Trinajstić information content (AvgIpc) is 2.76. The minimum absolute atomic E-state index is 0.109. The van der Waals surface area contributed by atoms with E-state index >= 15 is 0 Å². The summed E-state index contributed by atoms with van der Waals surface area (Å²) in [6, 6.07) is 11.6. The molecule has 0 amide bonds. The molecule has 0 N–H and O–H groups in total. The van der Waals surface area contributed by atoms with Gasteiger partial charge in [0.05, 0.1) is 0 Å². The van der Waals surface area contributed by atoms with Crippen LogP contribution in [0.15, 0.2) is 30.3 Å². The molecule has 4 aliphatic rings. The van der Waals surface area contributed by atoms with Crippen LogP contribution in [-0.2, 0) is 4.79 Å². The van der Waals surface area contributed by atoms with Crippen LogP contribution in [0.2, 0.25) is 0 Å². The summed E-state index contributed by atoms with van der Waals surface area (Å²) in [5, 5.41) is 0. The highest BCUT2D eigenvalue weighted by Crippen LogP contribution is 2.46. The number of anilines is 1. The lowest BCUT2D eigenvalue weighted by Gasteiger charge is -2.56. The van der Waals surface area contributed by atoms with Gasteiger partial charge in [0.1, 0.15) is 0 Å². The maximum absolute atomic E-state index is 11.5. The molecule has 2 aliphatic heterocycles. The smallest absolute Gasteiger partial charge is 0.152 e. The summed E-state index contributed by atoms with van der Waals surface area (Å²) in [7, 11) is 2.28. The monoisotopic (exact) mass is 420 g/mol. The van der Waals surface area contributed by atoms with E-state index < -0.39 is 0 Å². The van der Waals surface area contributed by atoms with Gasteiger partial charge in [-0.15, -0.1) is 0 Å². The number of hydrogen-bond donors (Lipinski definition) is 0. The van der Waals surface area contributed by atoms with Crippen molar-refractivity contribution in [3.63, 3.8) is 0 Å². The van der Waals surface area contributed by atoms with Crippen LogP contribution in [0.5, 0.6) is 0 Å². The second kappa shape index (κ2) is 9.10. The average molecular weight is 421 g/mol. The fourth-order valence-corrected chi connectivity index (χ4v) is 7.59. The van der Waals surface area contributed by atoms with Crippen molar-refractivity contribution in [1.82, 2.24) is 4.90 Å². The first-order chi connectivity index (χ1) is 15.1. The summed E-state index contributed by atoms with van der Waals surface area (Å²) < 4.78 is 0. The molecule has 6 atom stereocenters. The predicted molar refractivity (Wildman–Crippen MR) is 129 cm³/mol. The summed E-state index contributed by atoms with van der Waals surface area (Å²) in [5.74, 6) is 2.13. The molecule has 3 heteroatoms. The van der Waals surface area contributed by atoms with E-state index in [-0.39, 0.29) is 5.78 Å². The van der Waals surface area contributed by atoms with Crippen molar-refractivity contribution >= 4 is 17.5 Å². The van der Waals surface area contributed by atoms with Crippen LogP contribution in [0, 0.1) is 11.8 Å². The second-order valence-electron chi connectivity index (χ2n) is 10.9. The van der Waals surface area contributed by atoms with Crippen molar-refractivity contribution in [2.24, 2.45) is 11.8 Å². The molecule has 0 spiro atoms. The van der Waals surface area contributed by atoms with Gasteiger partial charge in [0, 0.05) is 36.9 Å². The summed E-state index contributed by atoms with van der Waals surface area (Å²) in [6.45, 7) is 1.62. The number of allylic oxidation sites excluding steroid dienone is 1. The van der Waals surface area contributed by atoms with Gasteiger partial charge in [-0.2, -0.15) is 0 Å². The fourth-order valence-electron chi connectivity index (χ4n) is 7.59. The Labute approximate surface area is 188 Å². The zero-order chi connectivity index (χ0) is 21.4. The molecular weight excluding hydrogens is 380 g/mol. The van der Waals surface area contributed by atoms with Gasteiger partial charge in [-0.25, -0.2) is 0 Å². The van der Waals surface area contributed by atoms with Gasteiger partial charge in [0.25, 0.3) is 0 Å². The lowest BCUT2D eigenvalue weighted by molar-refractivity contribution is -0.112. The molecule has 2 aliphatic carbocycles. The van der Waals surface area contributed by atoms with E-state index in [9.17, 15) is 4.79 Å². The number of carbonyl (C=O) groups excluding carboxylic acids is 1. The Balaban J connectivity index is 1.32. The Kier molecular flexibility index (Phi) is 6.23. The van der Waals surface area contributed by atoms with Crippen LogP contribution in [0.3, 0.4) is 0 Å². The first-order valence-corrected chi connectivity index (χ1v) is 12.9. The van der Waals surface area contributed by atoms with Crippen molar-refractivity contribution in [2.75, 3.05) is 11.9 Å². The Morgan fingerprint density at radius 1 is 0.903 bits per heavy atom. The van der Waals surface area contributed by atoms with E-state index in [0.717, 1.165) is 35.5 Å². The highest BCUT2D eigenvalue weighted by molar-refractivity contribution is 5.92. The molecule has 0 aromatic heterocycles. The van der Waals surface area contributed by atoms with Crippen molar-refractivity contribution < 1.29 is 4.79 Å². The first-order valence-electron chi connectivity index (χ1n) is 12.9. The largest absolute Gasteiger partial charge is 0.371 e. The number of fused-ring (bicyclic) bond motifs is 4. The molecule has 1 aromatic carbocycles. The molecule has 1 aromatic rings. The Bertz CT molecular complexity index is 791. The zero-order valence-electron chi connectivity index (χ0n) is 19.5. The predicted octanol–water partition coefficient (Wildman–Crippen LogP) is 6.08. The third kappa shape index (κ3) is 4.49. The Morgan fingerprint density at radius 3 is 2.23 bits per heavy atom. The molecule has 5 rings (SSSR count). The normalized spacial score (nSPS) is 35.8. The first kappa shape index (κ1) is 21.2. The molecule has 0 unspecified atom stereocenters. The molecule has 4 fully saturated rings. The number of carbonyl (C=O) groups is 1. The lowest BCUT2D eigenvalue weighted by Crippen LogP contribution is -2.61. The molecular formula is C28H40N2O. The molecule has 168 valence electrons. The molecule has 2 saturated carbocycles. The fraction of sp³-hybridized carbons (Fsp3) is 0.679. The van der Waals surface area contributed by atoms with Gasteiger partial charge in [0.2, 0.25) is 0 Å². The van der Waals surface area contributed by atoms with E-state index in [4.69, 9.17) is 0 Å². The minimum atomic E-state index is 0.109. The summed E-state index contributed by atoms with van der Waals surface area (Å²) in [6.07, 6.45) is 19.4. The van der Waals surface area contributed by atoms with Gasteiger partial charge >= 0.3 is 0 Å². The molecule has 2 heterocycles. The number of rotatable bonds is 5. The maximum atomic E-state index is 11.5. The number of hydrogen-bond acceptors (Lipinski definition) is 3. The Hall–Kier alpha value is -1.61. The minimum Gasteiger partial charge on any atom is -0.371 e. The van der Waals surface area contributed by atoms with Crippen LogP contribution in [0.25, 0.3) is 6.08 Å². The van der Waals surface area contributed by atoms with Crippen LogP contribution in [0.1, 0.15) is 83.1 Å².